The number of benzene rings is 1. The monoisotopic (exact) mass is 287 g/mol. The fourth-order valence-electron chi connectivity index (χ4n) is 2.39. The predicted molar refractivity (Wildman–Crippen MR) is 83.4 cm³/mol. The number of hydrogen-bond donors (Lipinski definition) is 3. The van der Waals surface area contributed by atoms with Crippen LogP contribution in [0.3, 0.4) is 0 Å². The number of nitrogens with one attached hydrogen (secondary N) is 3. The van der Waals surface area contributed by atoms with E-state index in [0.29, 0.717) is 17.8 Å². The van der Waals surface area contributed by atoms with E-state index in [0.717, 1.165) is 12.8 Å². The van der Waals surface area contributed by atoms with Crippen molar-refractivity contribution in [2.75, 3.05) is 11.9 Å². The first kappa shape index (κ1) is 15.1. The summed E-state index contributed by atoms with van der Waals surface area (Å²) in [6, 6.07) is 6.90. The highest BCUT2D eigenvalue weighted by molar-refractivity contribution is 5.95. The molecule has 0 bridgehead atoms. The Bertz CT molecular complexity index is 505. The van der Waals surface area contributed by atoms with Gasteiger partial charge in [-0.15, -0.1) is 6.58 Å². The molecule has 1 fully saturated rings. The standard InChI is InChI=1S/C16H21N3O2/c1-2-11-17-15(20)12-7-9-14(10-8-12)19-16(21)18-13-5-3-4-6-13/h2,7-10,13H,1,3-6,11H2,(H,17,20)(H2,18,19,21). The molecule has 5 heteroatoms. The van der Waals surface area contributed by atoms with Gasteiger partial charge in [-0.1, -0.05) is 18.9 Å². The molecule has 1 saturated carbocycles. The number of urea groups is 1. The van der Waals surface area contributed by atoms with Crippen molar-refractivity contribution in [3.63, 3.8) is 0 Å². The van der Waals surface area contributed by atoms with Gasteiger partial charge in [0, 0.05) is 23.8 Å². The number of anilines is 1. The summed E-state index contributed by atoms with van der Waals surface area (Å²) in [6.07, 6.45) is 6.09. The lowest BCUT2D eigenvalue weighted by atomic mass is 10.2. The van der Waals surface area contributed by atoms with E-state index in [1.807, 2.05) is 0 Å². The number of hydrogen-bond acceptors (Lipinski definition) is 2. The molecule has 1 aromatic rings. The van der Waals surface area contributed by atoms with Crippen molar-refractivity contribution in [3.8, 4) is 0 Å². The second-order valence-corrected chi connectivity index (χ2v) is 5.16. The summed E-state index contributed by atoms with van der Waals surface area (Å²) in [4.78, 5) is 23.5. The maximum absolute atomic E-state index is 11.8. The molecule has 5 nitrogen and oxygen atoms in total. The molecule has 0 saturated heterocycles. The maximum atomic E-state index is 11.8. The molecule has 0 heterocycles. The Hall–Kier alpha value is -2.30. The molecular weight excluding hydrogens is 266 g/mol. The summed E-state index contributed by atoms with van der Waals surface area (Å²) in [5.41, 5.74) is 1.23. The van der Waals surface area contributed by atoms with Crippen LogP contribution in [-0.4, -0.2) is 24.5 Å². The number of amides is 3. The summed E-state index contributed by atoms with van der Waals surface area (Å²) in [5, 5.41) is 8.43. The van der Waals surface area contributed by atoms with Gasteiger partial charge < -0.3 is 16.0 Å². The largest absolute Gasteiger partial charge is 0.349 e. The Labute approximate surface area is 124 Å². The van der Waals surface area contributed by atoms with E-state index in [9.17, 15) is 9.59 Å². The van der Waals surface area contributed by atoms with Crippen molar-refractivity contribution >= 4 is 17.6 Å². The molecule has 112 valence electrons. The van der Waals surface area contributed by atoms with E-state index in [-0.39, 0.29) is 18.0 Å². The van der Waals surface area contributed by atoms with Crippen LogP contribution in [0.25, 0.3) is 0 Å². The molecule has 3 amide bonds. The van der Waals surface area contributed by atoms with E-state index < -0.39 is 0 Å². The van der Waals surface area contributed by atoms with Crippen molar-refractivity contribution in [2.45, 2.75) is 31.7 Å². The van der Waals surface area contributed by atoms with Crippen molar-refractivity contribution in [3.05, 3.63) is 42.5 Å². The highest BCUT2D eigenvalue weighted by Gasteiger charge is 2.16. The molecule has 1 aromatic carbocycles. The van der Waals surface area contributed by atoms with Gasteiger partial charge in [0.1, 0.15) is 0 Å². The van der Waals surface area contributed by atoms with E-state index in [1.54, 1.807) is 30.3 Å². The summed E-state index contributed by atoms with van der Waals surface area (Å²) < 4.78 is 0. The van der Waals surface area contributed by atoms with Crippen molar-refractivity contribution in [1.29, 1.82) is 0 Å². The van der Waals surface area contributed by atoms with Crippen LogP contribution in [0.15, 0.2) is 36.9 Å². The number of rotatable bonds is 5. The SMILES string of the molecule is C=CCNC(=O)c1ccc(NC(=O)NC2CCCC2)cc1. The van der Waals surface area contributed by atoms with Crippen LogP contribution in [0.5, 0.6) is 0 Å². The third-order valence-corrected chi connectivity index (χ3v) is 3.50. The molecule has 2 rings (SSSR count). The third kappa shape index (κ3) is 4.63. The molecule has 0 spiro atoms. The lowest BCUT2D eigenvalue weighted by molar-refractivity contribution is 0.0958. The maximum Gasteiger partial charge on any atom is 0.319 e. The minimum Gasteiger partial charge on any atom is -0.349 e. The summed E-state index contributed by atoms with van der Waals surface area (Å²) in [7, 11) is 0. The Morgan fingerprint density at radius 2 is 1.86 bits per heavy atom. The first-order chi connectivity index (χ1) is 10.2. The van der Waals surface area contributed by atoms with Crippen molar-refractivity contribution in [1.82, 2.24) is 10.6 Å². The average molecular weight is 287 g/mol. The van der Waals surface area contributed by atoms with E-state index in [2.05, 4.69) is 22.5 Å². The average Bonchev–Trinajstić information content (AvgIpc) is 2.98. The van der Waals surface area contributed by atoms with Crippen molar-refractivity contribution in [2.24, 2.45) is 0 Å². The molecule has 0 unspecified atom stereocenters. The molecule has 0 aliphatic heterocycles. The normalized spacial score (nSPS) is 14.5. The quantitative estimate of drug-likeness (QED) is 0.729. The summed E-state index contributed by atoms with van der Waals surface area (Å²) >= 11 is 0. The van der Waals surface area contributed by atoms with E-state index in [1.165, 1.54) is 12.8 Å². The summed E-state index contributed by atoms with van der Waals surface area (Å²) in [5.74, 6) is -0.156. The Morgan fingerprint density at radius 3 is 2.48 bits per heavy atom. The smallest absolute Gasteiger partial charge is 0.319 e. The second kappa shape index (κ2) is 7.47. The third-order valence-electron chi connectivity index (χ3n) is 3.50. The lowest BCUT2D eigenvalue weighted by Gasteiger charge is -2.13. The van der Waals surface area contributed by atoms with Crippen LogP contribution in [-0.2, 0) is 0 Å². The minimum absolute atomic E-state index is 0.156. The number of carbonyl (C=O) groups is 2. The molecule has 21 heavy (non-hydrogen) atoms. The molecule has 1 aliphatic rings. The molecule has 0 aromatic heterocycles. The highest BCUT2D eigenvalue weighted by atomic mass is 16.2. The lowest BCUT2D eigenvalue weighted by Crippen LogP contribution is -2.36. The van der Waals surface area contributed by atoms with E-state index >= 15 is 0 Å². The second-order valence-electron chi connectivity index (χ2n) is 5.16. The molecule has 0 atom stereocenters. The van der Waals surface area contributed by atoms with Gasteiger partial charge >= 0.3 is 6.03 Å². The zero-order valence-corrected chi connectivity index (χ0v) is 12.0. The van der Waals surface area contributed by atoms with Crippen LogP contribution < -0.4 is 16.0 Å². The van der Waals surface area contributed by atoms with Gasteiger partial charge in [0.25, 0.3) is 5.91 Å². The van der Waals surface area contributed by atoms with Gasteiger partial charge in [0.05, 0.1) is 0 Å². The van der Waals surface area contributed by atoms with Gasteiger partial charge in [-0.3, -0.25) is 4.79 Å². The highest BCUT2D eigenvalue weighted by Crippen LogP contribution is 2.18. The molecule has 3 N–H and O–H groups in total. The Kier molecular flexibility index (Phi) is 5.37. The van der Waals surface area contributed by atoms with Crippen LogP contribution in [0.4, 0.5) is 10.5 Å². The van der Waals surface area contributed by atoms with Crippen LogP contribution >= 0.6 is 0 Å². The zero-order chi connectivity index (χ0) is 15.1. The van der Waals surface area contributed by atoms with Crippen LogP contribution in [0, 0.1) is 0 Å². The van der Waals surface area contributed by atoms with Crippen LogP contribution in [0.1, 0.15) is 36.0 Å². The Balaban J connectivity index is 1.85. The van der Waals surface area contributed by atoms with Gasteiger partial charge in [-0.25, -0.2) is 4.79 Å². The minimum atomic E-state index is -0.189. The van der Waals surface area contributed by atoms with Gasteiger partial charge in [-0.2, -0.15) is 0 Å². The predicted octanol–water partition coefficient (Wildman–Crippen LogP) is 2.67. The van der Waals surface area contributed by atoms with Gasteiger partial charge in [-0.05, 0) is 37.1 Å². The Morgan fingerprint density at radius 1 is 1.19 bits per heavy atom. The van der Waals surface area contributed by atoms with Gasteiger partial charge in [0.2, 0.25) is 0 Å². The zero-order valence-electron chi connectivity index (χ0n) is 12.0. The first-order valence-corrected chi connectivity index (χ1v) is 7.25. The first-order valence-electron chi connectivity index (χ1n) is 7.25. The van der Waals surface area contributed by atoms with Crippen molar-refractivity contribution < 1.29 is 9.59 Å². The molecule has 1 aliphatic carbocycles. The number of carbonyl (C=O) groups excluding carboxylic acids is 2. The van der Waals surface area contributed by atoms with E-state index in [4.69, 9.17) is 0 Å². The van der Waals surface area contributed by atoms with Gasteiger partial charge in [0.15, 0.2) is 0 Å². The summed E-state index contributed by atoms with van der Waals surface area (Å²) in [6.45, 7) is 3.98. The molecular formula is C16H21N3O2. The fraction of sp³-hybridized carbons (Fsp3) is 0.375. The van der Waals surface area contributed by atoms with Crippen LogP contribution in [0.2, 0.25) is 0 Å². The molecule has 0 radical (unpaired) electrons. The topological polar surface area (TPSA) is 70.2 Å². The fourth-order valence-corrected chi connectivity index (χ4v) is 2.39.